The van der Waals surface area contributed by atoms with Crippen molar-refractivity contribution >= 4 is 9.39 Å². The van der Waals surface area contributed by atoms with Gasteiger partial charge in [0.25, 0.3) is 0 Å². The van der Waals surface area contributed by atoms with Gasteiger partial charge in [-0.15, -0.1) is 17.2 Å². The first-order valence-electron chi connectivity index (χ1n) is 3.98. The normalized spacial score (nSPS) is 16.1. The molecular formula is C9H11NOPY-. The van der Waals surface area contributed by atoms with Crippen molar-refractivity contribution in [3.8, 4) is 5.75 Å². The molecule has 1 aliphatic rings. The van der Waals surface area contributed by atoms with Crippen molar-refractivity contribution in [2.75, 3.05) is 6.54 Å². The summed E-state index contributed by atoms with van der Waals surface area (Å²) in [6.45, 7) is 1.86. The molecule has 0 saturated heterocycles. The first kappa shape index (κ1) is 11.6. The molecule has 0 aromatic heterocycles. The summed E-state index contributed by atoms with van der Waals surface area (Å²) in [5, 5.41) is 9.50. The number of phenolic OH excluding ortho intramolecular Hbond substituents is 1. The van der Waals surface area contributed by atoms with E-state index in [4.69, 9.17) is 0 Å². The van der Waals surface area contributed by atoms with Crippen LogP contribution in [0, 0.1) is 6.07 Å². The number of phenols is 1. The first-order valence-corrected chi connectivity index (χ1v) is 4.50. The number of nitrogens with zero attached hydrogens (tertiary/aromatic N) is 1. The molecule has 1 aliphatic heterocycles. The van der Waals surface area contributed by atoms with E-state index in [0.29, 0.717) is 5.75 Å². The molecule has 1 aromatic rings. The van der Waals surface area contributed by atoms with E-state index in [1.54, 1.807) is 12.1 Å². The Balaban J connectivity index is 0.000000845. The third-order valence-corrected chi connectivity index (χ3v) is 2.62. The third-order valence-electron chi connectivity index (χ3n) is 2.18. The summed E-state index contributed by atoms with van der Waals surface area (Å²) in [7, 11) is 2.68. The van der Waals surface area contributed by atoms with Gasteiger partial charge in [-0.2, -0.15) is 12.1 Å². The van der Waals surface area contributed by atoms with Gasteiger partial charge < -0.3 is 5.11 Å². The van der Waals surface area contributed by atoms with Gasteiger partial charge in [-0.05, 0) is 6.54 Å². The Morgan fingerprint density at radius 1 is 1.54 bits per heavy atom. The van der Waals surface area contributed by atoms with Gasteiger partial charge >= 0.3 is 0 Å². The maximum absolute atomic E-state index is 9.50. The second-order valence-corrected chi connectivity index (χ2v) is 3.77. The van der Waals surface area contributed by atoms with E-state index >= 15 is 0 Å². The van der Waals surface area contributed by atoms with Gasteiger partial charge in [-0.25, -0.2) is 0 Å². The molecule has 0 saturated carbocycles. The molecule has 4 heteroatoms. The minimum Gasteiger partial charge on any atom is -0.533 e. The van der Waals surface area contributed by atoms with Gasteiger partial charge in [0.1, 0.15) is 0 Å². The molecule has 67 valence electrons. The van der Waals surface area contributed by atoms with Crippen LogP contribution in [0.3, 0.4) is 0 Å². The average molecular weight is 269 g/mol. The zero-order valence-electron chi connectivity index (χ0n) is 7.33. The van der Waals surface area contributed by atoms with E-state index < -0.39 is 0 Å². The predicted molar refractivity (Wildman–Crippen MR) is 50.8 cm³/mol. The molecule has 1 aromatic carbocycles. The number of benzene rings is 1. The second-order valence-electron chi connectivity index (χ2n) is 3.04. The van der Waals surface area contributed by atoms with Crippen LogP contribution < -0.4 is 0 Å². The average Bonchev–Trinajstić information content (AvgIpc) is 2.04. The summed E-state index contributed by atoms with van der Waals surface area (Å²) in [5.74, 6) is 0.418. The Hall–Kier alpha value is 0.514. The standard InChI is InChI=1S/C9H11NOP.Y/c11-9-3-1-2-7-6-10(12)5-4-8(7)9;/h1,3,11H,4-6,12H2;/q-1;. The van der Waals surface area contributed by atoms with Crippen LogP contribution in [0.15, 0.2) is 12.1 Å². The van der Waals surface area contributed by atoms with Crippen molar-refractivity contribution in [3.05, 3.63) is 29.3 Å². The Bertz CT molecular complexity index is 306. The van der Waals surface area contributed by atoms with Crippen molar-refractivity contribution < 1.29 is 37.8 Å². The van der Waals surface area contributed by atoms with Gasteiger partial charge in [0.2, 0.25) is 0 Å². The van der Waals surface area contributed by atoms with Crippen LogP contribution in [0.4, 0.5) is 0 Å². The maximum Gasteiger partial charge on any atom is 0.0117 e. The summed E-state index contributed by atoms with van der Waals surface area (Å²) < 4.78 is 2.15. The van der Waals surface area contributed by atoms with Gasteiger partial charge in [0, 0.05) is 45.0 Å². The molecule has 0 fully saturated rings. The number of hydrogen-bond acceptors (Lipinski definition) is 2. The zero-order valence-corrected chi connectivity index (χ0v) is 11.3. The summed E-state index contributed by atoms with van der Waals surface area (Å²) in [5.41, 5.74) is 2.19. The number of fused-ring (bicyclic) bond motifs is 1. The van der Waals surface area contributed by atoms with E-state index in [0.717, 1.165) is 30.6 Å². The second kappa shape index (κ2) is 4.84. The van der Waals surface area contributed by atoms with E-state index in [1.807, 2.05) is 0 Å². The molecule has 2 nitrogen and oxygen atoms in total. The minimum absolute atomic E-state index is 0. The molecule has 0 spiro atoms. The van der Waals surface area contributed by atoms with Crippen LogP contribution in [0.25, 0.3) is 0 Å². The zero-order chi connectivity index (χ0) is 8.55. The summed E-state index contributed by atoms with van der Waals surface area (Å²) in [4.78, 5) is 0. The minimum atomic E-state index is 0. The van der Waals surface area contributed by atoms with Crippen molar-refractivity contribution in [2.45, 2.75) is 13.0 Å². The van der Waals surface area contributed by atoms with E-state index in [9.17, 15) is 5.11 Å². The van der Waals surface area contributed by atoms with E-state index in [2.05, 4.69) is 20.1 Å². The van der Waals surface area contributed by atoms with Gasteiger partial charge in [0.05, 0.1) is 0 Å². The summed E-state index contributed by atoms with van der Waals surface area (Å²) in [6, 6.07) is 6.63. The fraction of sp³-hybridized carbons (Fsp3) is 0.333. The predicted octanol–water partition coefficient (Wildman–Crippen LogP) is 1.34. The Labute approximate surface area is 106 Å². The largest absolute Gasteiger partial charge is 0.533 e. The van der Waals surface area contributed by atoms with Crippen LogP contribution in [-0.2, 0) is 45.7 Å². The van der Waals surface area contributed by atoms with Crippen LogP contribution in [-0.4, -0.2) is 16.3 Å². The van der Waals surface area contributed by atoms with Crippen LogP contribution in [0.1, 0.15) is 11.1 Å². The number of hydrogen-bond donors (Lipinski definition) is 1. The van der Waals surface area contributed by atoms with Crippen molar-refractivity contribution in [2.24, 2.45) is 0 Å². The third kappa shape index (κ3) is 2.50. The molecule has 1 N–H and O–H groups in total. The van der Waals surface area contributed by atoms with Gasteiger partial charge in [-0.3, -0.25) is 4.67 Å². The Morgan fingerprint density at radius 3 is 3.08 bits per heavy atom. The molecule has 0 bridgehead atoms. The van der Waals surface area contributed by atoms with Crippen molar-refractivity contribution in [3.63, 3.8) is 0 Å². The van der Waals surface area contributed by atoms with E-state index in [1.165, 1.54) is 0 Å². The van der Waals surface area contributed by atoms with Crippen LogP contribution in [0.2, 0.25) is 0 Å². The smallest absolute Gasteiger partial charge is 0.0117 e. The molecule has 13 heavy (non-hydrogen) atoms. The van der Waals surface area contributed by atoms with Gasteiger partial charge in [-0.1, -0.05) is 15.8 Å². The molecule has 1 unspecified atom stereocenters. The SMILES string of the molecule is Oc1cc[c-]c2c1CCN(P)C2.[Y]. The monoisotopic (exact) mass is 269 g/mol. The first-order chi connectivity index (χ1) is 5.77. The van der Waals surface area contributed by atoms with Crippen LogP contribution in [0.5, 0.6) is 5.75 Å². The number of aromatic hydroxyl groups is 1. The fourth-order valence-corrected chi connectivity index (χ4v) is 1.83. The molecule has 2 rings (SSSR count). The van der Waals surface area contributed by atoms with E-state index in [-0.39, 0.29) is 32.7 Å². The Kier molecular flexibility index (Phi) is 4.31. The molecule has 1 heterocycles. The summed E-state index contributed by atoms with van der Waals surface area (Å²) >= 11 is 0. The summed E-state index contributed by atoms with van der Waals surface area (Å²) in [6.07, 6.45) is 0.919. The maximum atomic E-state index is 9.50. The topological polar surface area (TPSA) is 23.5 Å². The van der Waals surface area contributed by atoms with Gasteiger partial charge in [0.15, 0.2) is 0 Å². The fourth-order valence-electron chi connectivity index (χ4n) is 1.52. The molecular weight excluding hydrogens is 258 g/mol. The molecule has 1 radical (unpaired) electrons. The molecule has 0 amide bonds. The molecule has 0 aliphatic carbocycles. The van der Waals surface area contributed by atoms with Crippen LogP contribution >= 0.6 is 9.39 Å². The molecule has 1 atom stereocenters. The Morgan fingerprint density at radius 2 is 2.31 bits per heavy atom. The van der Waals surface area contributed by atoms with Crippen molar-refractivity contribution in [1.82, 2.24) is 4.67 Å². The quantitative estimate of drug-likeness (QED) is 0.567. The van der Waals surface area contributed by atoms with Crippen molar-refractivity contribution in [1.29, 1.82) is 0 Å². The number of rotatable bonds is 0.